The van der Waals surface area contributed by atoms with E-state index in [1.807, 2.05) is 21.8 Å². The lowest BCUT2D eigenvalue weighted by atomic mass is 9.93. The summed E-state index contributed by atoms with van der Waals surface area (Å²) in [7, 11) is 0. The number of carbonyl (C=O) groups is 1. The van der Waals surface area contributed by atoms with Gasteiger partial charge in [0.05, 0.1) is 36.7 Å². The maximum absolute atomic E-state index is 12.4. The minimum absolute atomic E-state index is 0.156. The maximum Gasteiger partial charge on any atom is 0.250 e. The van der Waals surface area contributed by atoms with Gasteiger partial charge in [-0.05, 0) is 51.0 Å². The summed E-state index contributed by atoms with van der Waals surface area (Å²) in [5, 5.41) is 12.9. The van der Waals surface area contributed by atoms with E-state index in [1.165, 1.54) is 25.3 Å². The summed E-state index contributed by atoms with van der Waals surface area (Å²) in [6, 6.07) is 0.834. The van der Waals surface area contributed by atoms with Crippen LogP contribution in [0.1, 0.15) is 56.8 Å². The highest BCUT2D eigenvalue weighted by atomic mass is 16.2. The largest absolute Gasteiger partial charge is 0.300 e. The molecule has 7 heteroatoms. The molecule has 1 atom stereocenters. The molecule has 2 aliphatic rings. The zero-order valence-electron chi connectivity index (χ0n) is 14.6. The molecule has 1 amide bonds. The molecular weight excluding hydrogens is 316 g/mol. The Hall–Kier alpha value is -2.44. The van der Waals surface area contributed by atoms with Crippen LogP contribution in [0.2, 0.25) is 0 Å². The zero-order chi connectivity index (χ0) is 17.4. The second-order valence-electron chi connectivity index (χ2n) is 7.16. The van der Waals surface area contributed by atoms with E-state index >= 15 is 0 Å². The summed E-state index contributed by atoms with van der Waals surface area (Å²) in [6.45, 7) is 6.18. The molecule has 0 aliphatic heterocycles. The Bertz CT molecular complexity index is 770. The van der Waals surface area contributed by atoms with Gasteiger partial charge in [0.2, 0.25) is 0 Å². The van der Waals surface area contributed by atoms with Gasteiger partial charge in [-0.1, -0.05) is 11.8 Å². The van der Waals surface area contributed by atoms with Gasteiger partial charge in [0.25, 0.3) is 5.91 Å². The number of carbonyl (C=O) groups excluding carboxylic acids is 1. The van der Waals surface area contributed by atoms with Crippen molar-refractivity contribution in [2.75, 3.05) is 4.90 Å². The summed E-state index contributed by atoms with van der Waals surface area (Å²) < 4.78 is 3.88. The fraction of sp³-hybridized carbons (Fsp3) is 0.556. The Labute approximate surface area is 147 Å². The van der Waals surface area contributed by atoms with Crippen LogP contribution in [0, 0.1) is 5.92 Å². The van der Waals surface area contributed by atoms with Crippen molar-refractivity contribution in [2.45, 2.75) is 57.7 Å². The van der Waals surface area contributed by atoms with Crippen LogP contribution in [-0.4, -0.2) is 30.7 Å². The highest BCUT2D eigenvalue weighted by molar-refractivity contribution is 6.00. The van der Waals surface area contributed by atoms with Gasteiger partial charge in [0.15, 0.2) is 0 Å². The summed E-state index contributed by atoms with van der Waals surface area (Å²) in [5.41, 5.74) is 1.56. The number of rotatable bonds is 7. The van der Waals surface area contributed by atoms with Crippen molar-refractivity contribution in [1.29, 1.82) is 0 Å². The molecule has 2 aromatic heterocycles. The molecule has 0 spiro atoms. The predicted molar refractivity (Wildman–Crippen MR) is 94.0 cm³/mol. The molecule has 4 rings (SSSR count). The molecule has 25 heavy (non-hydrogen) atoms. The van der Waals surface area contributed by atoms with Crippen molar-refractivity contribution in [1.82, 2.24) is 24.8 Å². The number of anilines is 1. The maximum atomic E-state index is 12.4. The molecule has 1 unspecified atom stereocenters. The molecule has 2 heterocycles. The van der Waals surface area contributed by atoms with Gasteiger partial charge in [-0.25, -0.2) is 4.68 Å². The van der Waals surface area contributed by atoms with E-state index in [2.05, 4.69) is 28.9 Å². The number of hydrogen-bond donors (Lipinski definition) is 0. The smallest absolute Gasteiger partial charge is 0.250 e. The first kappa shape index (κ1) is 16.1. The second kappa shape index (κ2) is 6.46. The van der Waals surface area contributed by atoms with Gasteiger partial charge >= 0.3 is 0 Å². The van der Waals surface area contributed by atoms with Gasteiger partial charge in [-0.15, -0.1) is 5.10 Å². The molecule has 132 valence electrons. The Morgan fingerprint density at radius 3 is 2.84 bits per heavy atom. The van der Waals surface area contributed by atoms with Crippen LogP contribution in [-0.2, 0) is 11.3 Å². The monoisotopic (exact) mass is 340 g/mol. The Morgan fingerprint density at radius 1 is 1.40 bits per heavy atom. The van der Waals surface area contributed by atoms with Gasteiger partial charge in [0, 0.05) is 6.20 Å². The quantitative estimate of drug-likeness (QED) is 0.727. The van der Waals surface area contributed by atoms with Crippen LogP contribution < -0.4 is 4.90 Å². The Balaban J connectivity index is 1.52. The summed E-state index contributed by atoms with van der Waals surface area (Å²) in [5.74, 6) is 0.551. The van der Waals surface area contributed by atoms with Crippen molar-refractivity contribution >= 4 is 11.6 Å². The molecule has 2 aliphatic carbocycles. The first-order valence-electron chi connectivity index (χ1n) is 9.04. The van der Waals surface area contributed by atoms with Gasteiger partial charge < -0.3 is 0 Å². The molecule has 0 aromatic carbocycles. The summed E-state index contributed by atoms with van der Waals surface area (Å²) in [6.07, 6.45) is 13.1. The van der Waals surface area contributed by atoms with E-state index in [0.29, 0.717) is 24.5 Å². The van der Waals surface area contributed by atoms with Crippen molar-refractivity contribution in [3.8, 4) is 0 Å². The zero-order valence-corrected chi connectivity index (χ0v) is 14.6. The standard InChI is InChI=1S/C18H24N6O/c1-3-18(25)22(10-15-11-24(21-20-15)16-5-4-6-16)17-9-19-23(12-17)13(2)14-7-8-14/h3,9,11-14,16H,1,4-8,10H2,2H3. The third-order valence-corrected chi connectivity index (χ3v) is 5.39. The van der Waals surface area contributed by atoms with Crippen molar-refractivity contribution in [3.05, 3.63) is 36.9 Å². The van der Waals surface area contributed by atoms with E-state index in [1.54, 1.807) is 11.1 Å². The lowest BCUT2D eigenvalue weighted by Crippen LogP contribution is -2.28. The first-order valence-corrected chi connectivity index (χ1v) is 9.04. The third-order valence-electron chi connectivity index (χ3n) is 5.39. The van der Waals surface area contributed by atoms with Crippen LogP contribution >= 0.6 is 0 Å². The van der Waals surface area contributed by atoms with Gasteiger partial charge in [-0.2, -0.15) is 5.10 Å². The minimum Gasteiger partial charge on any atom is -0.300 e. The molecule has 2 aromatic rings. The Morgan fingerprint density at radius 2 is 2.20 bits per heavy atom. The average molecular weight is 340 g/mol. The second-order valence-corrected chi connectivity index (χ2v) is 7.16. The van der Waals surface area contributed by atoms with Gasteiger partial charge in [-0.3, -0.25) is 14.4 Å². The van der Waals surface area contributed by atoms with Crippen LogP contribution in [0.15, 0.2) is 31.2 Å². The fourth-order valence-electron chi connectivity index (χ4n) is 3.27. The average Bonchev–Trinajstić information content (AvgIpc) is 3.13. The van der Waals surface area contributed by atoms with E-state index in [4.69, 9.17) is 0 Å². The lowest BCUT2D eigenvalue weighted by Gasteiger charge is -2.24. The predicted octanol–water partition coefficient (Wildman–Crippen LogP) is 2.89. The van der Waals surface area contributed by atoms with E-state index < -0.39 is 0 Å². The van der Waals surface area contributed by atoms with E-state index in [9.17, 15) is 4.79 Å². The number of amides is 1. The molecule has 7 nitrogen and oxygen atoms in total. The third kappa shape index (κ3) is 3.23. The fourth-order valence-corrected chi connectivity index (χ4v) is 3.27. The normalized spacial score (nSPS) is 18.6. The number of aromatic nitrogens is 5. The molecule has 2 saturated carbocycles. The van der Waals surface area contributed by atoms with Crippen LogP contribution in [0.3, 0.4) is 0 Å². The molecule has 0 N–H and O–H groups in total. The van der Waals surface area contributed by atoms with E-state index in [0.717, 1.165) is 24.2 Å². The highest BCUT2D eigenvalue weighted by Gasteiger charge is 2.30. The van der Waals surface area contributed by atoms with Gasteiger partial charge in [0.1, 0.15) is 5.69 Å². The van der Waals surface area contributed by atoms with E-state index in [-0.39, 0.29) is 5.91 Å². The lowest BCUT2D eigenvalue weighted by molar-refractivity contribution is -0.114. The SMILES string of the molecule is C=CC(=O)N(Cc1cn(C2CCC2)nn1)c1cnn(C(C)C2CC2)c1. The number of hydrogen-bond acceptors (Lipinski definition) is 4. The summed E-state index contributed by atoms with van der Waals surface area (Å²) >= 11 is 0. The molecular formula is C18H24N6O. The Kier molecular flexibility index (Phi) is 4.15. The van der Waals surface area contributed by atoms with Crippen LogP contribution in [0.4, 0.5) is 5.69 Å². The highest BCUT2D eigenvalue weighted by Crippen LogP contribution is 2.39. The van der Waals surface area contributed by atoms with Crippen molar-refractivity contribution in [2.24, 2.45) is 5.92 Å². The molecule has 2 fully saturated rings. The number of nitrogens with zero attached hydrogens (tertiary/aromatic N) is 6. The topological polar surface area (TPSA) is 68.8 Å². The molecule has 0 saturated heterocycles. The molecule has 0 radical (unpaired) electrons. The minimum atomic E-state index is -0.156. The van der Waals surface area contributed by atoms with Crippen LogP contribution in [0.25, 0.3) is 0 Å². The van der Waals surface area contributed by atoms with Crippen molar-refractivity contribution in [3.63, 3.8) is 0 Å². The van der Waals surface area contributed by atoms with Crippen LogP contribution in [0.5, 0.6) is 0 Å². The summed E-state index contributed by atoms with van der Waals surface area (Å²) in [4.78, 5) is 14.0. The first-order chi connectivity index (χ1) is 12.2. The van der Waals surface area contributed by atoms with Crippen molar-refractivity contribution < 1.29 is 4.79 Å². The molecule has 0 bridgehead atoms.